The van der Waals surface area contributed by atoms with E-state index >= 15 is 0 Å². The van der Waals surface area contributed by atoms with Gasteiger partial charge in [-0.15, -0.1) is 0 Å². The van der Waals surface area contributed by atoms with Crippen LogP contribution in [0.3, 0.4) is 0 Å². The highest BCUT2D eigenvalue weighted by molar-refractivity contribution is 5.96. The van der Waals surface area contributed by atoms with E-state index in [9.17, 15) is 9.59 Å². The van der Waals surface area contributed by atoms with Gasteiger partial charge in [0.05, 0.1) is 17.7 Å². The van der Waals surface area contributed by atoms with Gasteiger partial charge < -0.3 is 15.2 Å². The topological polar surface area (TPSA) is 75.6 Å². The molecule has 1 amide bonds. The van der Waals surface area contributed by atoms with Crippen LogP contribution in [-0.2, 0) is 4.74 Å². The summed E-state index contributed by atoms with van der Waals surface area (Å²) in [5.74, 6) is -1.19. The molecule has 0 heterocycles. The molecule has 2 rings (SSSR count). The van der Waals surface area contributed by atoms with Crippen molar-refractivity contribution in [3.8, 4) is 0 Å². The second kappa shape index (κ2) is 5.84. The van der Waals surface area contributed by atoms with Crippen LogP contribution in [0.4, 0.5) is 0 Å². The van der Waals surface area contributed by atoms with E-state index in [0.29, 0.717) is 5.56 Å². The van der Waals surface area contributed by atoms with Crippen LogP contribution in [0.25, 0.3) is 0 Å². The average Bonchev–Trinajstić information content (AvgIpc) is 2.86. The van der Waals surface area contributed by atoms with Gasteiger partial charge in [0.2, 0.25) is 0 Å². The van der Waals surface area contributed by atoms with Crippen LogP contribution in [0.5, 0.6) is 0 Å². The fourth-order valence-corrected chi connectivity index (χ4v) is 2.39. The Kier molecular flexibility index (Phi) is 4.16. The quantitative estimate of drug-likeness (QED) is 0.866. The van der Waals surface area contributed by atoms with E-state index < -0.39 is 5.97 Å². The summed E-state index contributed by atoms with van der Waals surface area (Å²) in [7, 11) is 1.65. The first-order chi connectivity index (χ1) is 9.11. The summed E-state index contributed by atoms with van der Waals surface area (Å²) in [5.41, 5.74) is 0.638. The van der Waals surface area contributed by atoms with Crippen LogP contribution in [0.1, 0.15) is 40.0 Å². The molecule has 2 unspecified atom stereocenters. The number of aromatic carboxylic acids is 1. The minimum Gasteiger partial charge on any atom is -0.478 e. The van der Waals surface area contributed by atoms with Crippen molar-refractivity contribution in [2.45, 2.75) is 31.4 Å². The van der Waals surface area contributed by atoms with Gasteiger partial charge in [-0.05, 0) is 43.5 Å². The molecule has 0 aliphatic heterocycles. The Morgan fingerprint density at radius 1 is 1.21 bits per heavy atom. The molecule has 1 saturated carbocycles. The maximum Gasteiger partial charge on any atom is 0.335 e. The normalized spacial score (nSPS) is 22.2. The lowest BCUT2D eigenvalue weighted by Gasteiger charge is -2.19. The zero-order valence-corrected chi connectivity index (χ0v) is 10.8. The van der Waals surface area contributed by atoms with Gasteiger partial charge in [0.1, 0.15) is 0 Å². The van der Waals surface area contributed by atoms with Crippen LogP contribution in [0.15, 0.2) is 24.3 Å². The highest BCUT2D eigenvalue weighted by atomic mass is 16.5. The summed E-state index contributed by atoms with van der Waals surface area (Å²) in [6.07, 6.45) is 2.99. The Morgan fingerprint density at radius 3 is 2.42 bits per heavy atom. The highest BCUT2D eigenvalue weighted by Crippen LogP contribution is 2.21. The molecular formula is C14H17NO4. The van der Waals surface area contributed by atoms with Crippen molar-refractivity contribution in [2.24, 2.45) is 0 Å². The first-order valence-electron chi connectivity index (χ1n) is 6.29. The number of hydrogen-bond acceptors (Lipinski definition) is 3. The summed E-state index contributed by atoms with van der Waals surface area (Å²) in [6.45, 7) is 0. The fourth-order valence-electron chi connectivity index (χ4n) is 2.39. The Balaban J connectivity index is 2.01. The maximum absolute atomic E-state index is 12.0. The van der Waals surface area contributed by atoms with Crippen molar-refractivity contribution >= 4 is 11.9 Å². The third-order valence-corrected chi connectivity index (χ3v) is 3.47. The summed E-state index contributed by atoms with van der Waals surface area (Å²) in [4.78, 5) is 22.8. The Morgan fingerprint density at radius 2 is 1.84 bits per heavy atom. The lowest BCUT2D eigenvalue weighted by atomic mass is 10.1. The predicted octanol–water partition coefficient (Wildman–Crippen LogP) is 1.68. The van der Waals surface area contributed by atoms with Crippen molar-refractivity contribution in [1.82, 2.24) is 5.32 Å². The molecule has 0 saturated heterocycles. The van der Waals surface area contributed by atoms with Crippen LogP contribution in [0.2, 0.25) is 0 Å². The Hall–Kier alpha value is -1.88. The number of carboxylic acid groups (broad SMARTS) is 1. The molecule has 2 atom stereocenters. The molecule has 1 aromatic rings. The molecule has 5 heteroatoms. The summed E-state index contributed by atoms with van der Waals surface area (Å²) < 4.78 is 5.32. The minimum atomic E-state index is -0.998. The third-order valence-electron chi connectivity index (χ3n) is 3.47. The van der Waals surface area contributed by atoms with E-state index in [1.54, 1.807) is 7.11 Å². The Bertz CT molecular complexity index is 469. The molecule has 2 N–H and O–H groups in total. The third kappa shape index (κ3) is 3.12. The zero-order valence-electron chi connectivity index (χ0n) is 10.8. The number of carbonyl (C=O) groups excluding carboxylic acids is 1. The van der Waals surface area contributed by atoms with Gasteiger partial charge in [-0.1, -0.05) is 0 Å². The molecule has 19 heavy (non-hydrogen) atoms. The standard InChI is InChI=1S/C14H17NO4/c1-19-12-4-2-3-11(12)15-13(16)9-5-7-10(8-6-9)14(17)18/h5-8,11-12H,2-4H2,1H3,(H,15,16)(H,17,18). The number of carbonyl (C=O) groups is 2. The van der Waals surface area contributed by atoms with E-state index in [4.69, 9.17) is 9.84 Å². The Labute approximate surface area is 111 Å². The first-order valence-corrected chi connectivity index (χ1v) is 6.29. The van der Waals surface area contributed by atoms with Crippen LogP contribution in [-0.4, -0.2) is 36.2 Å². The molecule has 1 aliphatic rings. The number of nitrogens with one attached hydrogen (secondary N) is 1. The van der Waals surface area contributed by atoms with Crippen molar-refractivity contribution in [1.29, 1.82) is 0 Å². The van der Waals surface area contributed by atoms with E-state index in [1.807, 2.05) is 0 Å². The van der Waals surface area contributed by atoms with Crippen molar-refractivity contribution in [3.05, 3.63) is 35.4 Å². The number of amides is 1. The monoisotopic (exact) mass is 263 g/mol. The predicted molar refractivity (Wildman–Crippen MR) is 69.3 cm³/mol. The molecule has 0 radical (unpaired) electrons. The van der Waals surface area contributed by atoms with Crippen LogP contribution < -0.4 is 5.32 Å². The molecular weight excluding hydrogens is 246 g/mol. The van der Waals surface area contributed by atoms with Gasteiger partial charge in [-0.2, -0.15) is 0 Å². The number of benzene rings is 1. The van der Waals surface area contributed by atoms with E-state index in [-0.39, 0.29) is 23.6 Å². The minimum absolute atomic E-state index is 0.0386. The van der Waals surface area contributed by atoms with Crippen molar-refractivity contribution < 1.29 is 19.4 Å². The number of ether oxygens (including phenoxy) is 1. The van der Waals surface area contributed by atoms with Crippen molar-refractivity contribution in [2.75, 3.05) is 7.11 Å². The second-order valence-electron chi connectivity index (χ2n) is 4.67. The molecule has 1 aromatic carbocycles. The largest absolute Gasteiger partial charge is 0.478 e. The molecule has 1 aliphatic carbocycles. The molecule has 0 bridgehead atoms. The van der Waals surface area contributed by atoms with Gasteiger partial charge >= 0.3 is 5.97 Å². The van der Waals surface area contributed by atoms with Gasteiger partial charge in [0.15, 0.2) is 0 Å². The zero-order chi connectivity index (χ0) is 13.8. The smallest absolute Gasteiger partial charge is 0.335 e. The second-order valence-corrected chi connectivity index (χ2v) is 4.67. The molecule has 102 valence electrons. The molecule has 1 fully saturated rings. The first kappa shape index (κ1) is 13.5. The fraction of sp³-hybridized carbons (Fsp3) is 0.429. The van der Waals surface area contributed by atoms with Crippen LogP contribution in [0, 0.1) is 0 Å². The lowest BCUT2D eigenvalue weighted by Crippen LogP contribution is -2.40. The van der Waals surface area contributed by atoms with Gasteiger partial charge in [-0.3, -0.25) is 4.79 Å². The SMILES string of the molecule is COC1CCCC1NC(=O)c1ccc(C(=O)O)cc1. The summed E-state index contributed by atoms with van der Waals surface area (Å²) in [6, 6.07) is 5.95. The maximum atomic E-state index is 12.0. The van der Waals surface area contributed by atoms with E-state index in [1.165, 1.54) is 24.3 Å². The molecule has 5 nitrogen and oxygen atoms in total. The van der Waals surface area contributed by atoms with Gasteiger partial charge in [-0.25, -0.2) is 4.79 Å². The van der Waals surface area contributed by atoms with Gasteiger partial charge in [0.25, 0.3) is 5.91 Å². The highest BCUT2D eigenvalue weighted by Gasteiger charge is 2.28. The van der Waals surface area contributed by atoms with E-state index in [2.05, 4.69) is 5.32 Å². The lowest BCUT2D eigenvalue weighted by molar-refractivity contribution is 0.0694. The van der Waals surface area contributed by atoms with Gasteiger partial charge in [0, 0.05) is 12.7 Å². The number of carboxylic acids is 1. The van der Waals surface area contributed by atoms with E-state index in [0.717, 1.165) is 19.3 Å². The van der Waals surface area contributed by atoms with Crippen molar-refractivity contribution in [3.63, 3.8) is 0 Å². The summed E-state index contributed by atoms with van der Waals surface area (Å²) in [5, 5.41) is 11.7. The number of rotatable bonds is 4. The number of methoxy groups -OCH3 is 1. The number of hydrogen-bond donors (Lipinski definition) is 2. The average molecular weight is 263 g/mol. The summed E-state index contributed by atoms with van der Waals surface area (Å²) >= 11 is 0. The van der Waals surface area contributed by atoms with Crippen LogP contribution >= 0.6 is 0 Å². The molecule has 0 aromatic heterocycles. The molecule has 0 spiro atoms.